The van der Waals surface area contributed by atoms with Gasteiger partial charge in [0.15, 0.2) is 0 Å². The Bertz CT molecular complexity index is 682. The van der Waals surface area contributed by atoms with Gasteiger partial charge in [-0.2, -0.15) is 0 Å². The van der Waals surface area contributed by atoms with E-state index in [-0.39, 0.29) is 6.10 Å². The van der Waals surface area contributed by atoms with Crippen LogP contribution >= 0.6 is 0 Å². The van der Waals surface area contributed by atoms with Crippen molar-refractivity contribution in [1.29, 1.82) is 0 Å². The molecule has 29 heavy (non-hydrogen) atoms. The lowest BCUT2D eigenvalue weighted by Gasteiger charge is -2.59. The van der Waals surface area contributed by atoms with E-state index in [0.717, 1.165) is 36.5 Å². The summed E-state index contributed by atoms with van der Waals surface area (Å²) in [6.45, 7) is 14.7. The van der Waals surface area contributed by atoms with Crippen LogP contribution in [0.3, 0.4) is 0 Å². The van der Waals surface area contributed by atoms with Crippen LogP contribution in [0.1, 0.15) is 106 Å². The van der Waals surface area contributed by atoms with Crippen LogP contribution in [-0.4, -0.2) is 11.2 Å². The van der Waals surface area contributed by atoms with Crippen LogP contribution in [0.5, 0.6) is 0 Å². The molecule has 4 rings (SSSR count). The maximum atomic E-state index is 10.3. The zero-order valence-electron chi connectivity index (χ0n) is 20.1. The van der Waals surface area contributed by atoms with Crippen molar-refractivity contribution in [2.24, 2.45) is 40.4 Å². The van der Waals surface area contributed by atoms with Crippen molar-refractivity contribution in [3.63, 3.8) is 0 Å². The largest absolute Gasteiger partial charge is 0.393 e. The second-order valence-corrected chi connectivity index (χ2v) is 12.2. The van der Waals surface area contributed by atoms with E-state index in [2.05, 4.69) is 47.6 Å². The molecule has 0 spiro atoms. The van der Waals surface area contributed by atoms with E-state index in [4.69, 9.17) is 0 Å². The SMILES string of the molecule is CC(C)=CCCC(C)C1CCC2C3=C(C)CC4CC(O)CCC4(C)C3CCC21C. The first-order chi connectivity index (χ1) is 13.7. The van der Waals surface area contributed by atoms with Gasteiger partial charge in [0.1, 0.15) is 0 Å². The van der Waals surface area contributed by atoms with E-state index in [0.29, 0.717) is 16.7 Å². The summed E-state index contributed by atoms with van der Waals surface area (Å²) in [6, 6.07) is 0. The molecule has 0 heterocycles. The third-order valence-electron chi connectivity index (χ3n) is 10.3. The molecular weight excluding hydrogens is 352 g/mol. The van der Waals surface area contributed by atoms with Crippen molar-refractivity contribution in [3.05, 3.63) is 22.8 Å². The molecule has 1 nitrogen and oxygen atoms in total. The van der Waals surface area contributed by atoms with Crippen molar-refractivity contribution in [2.75, 3.05) is 0 Å². The molecule has 0 radical (unpaired) electrons. The molecule has 8 atom stereocenters. The lowest BCUT2D eigenvalue weighted by molar-refractivity contribution is -0.0452. The van der Waals surface area contributed by atoms with Crippen molar-refractivity contribution in [2.45, 2.75) is 112 Å². The highest BCUT2D eigenvalue weighted by Gasteiger charge is 2.58. The van der Waals surface area contributed by atoms with E-state index in [9.17, 15) is 5.11 Å². The van der Waals surface area contributed by atoms with Crippen LogP contribution in [0.4, 0.5) is 0 Å². The Hall–Kier alpha value is -0.560. The molecule has 0 aromatic heterocycles. The monoisotopic (exact) mass is 398 g/mol. The van der Waals surface area contributed by atoms with Gasteiger partial charge < -0.3 is 5.11 Å². The Morgan fingerprint density at radius 3 is 2.48 bits per heavy atom. The molecule has 0 amide bonds. The van der Waals surface area contributed by atoms with Crippen LogP contribution < -0.4 is 0 Å². The number of hydrogen-bond donors (Lipinski definition) is 1. The van der Waals surface area contributed by atoms with E-state index in [1.54, 1.807) is 5.57 Å². The standard InChI is InChI=1S/C28H46O/c1-18(2)8-7-9-19(3)23-10-11-24-26-20(4)16-21-17-22(29)12-14-27(21,5)25(26)13-15-28(23,24)6/h8,19,21-25,29H,7,9-17H2,1-6H3. The summed E-state index contributed by atoms with van der Waals surface area (Å²) in [6.07, 6.45) is 15.3. The van der Waals surface area contributed by atoms with Crippen molar-refractivity contribution >= 4 is 0 Å². The van der Waals surface area contributed by atoms with Crippen molar-refractivity contribution in [3.8, 4) is 0 Å². The highest BCUT2D eigenvalue weighted by atomic mass is 16.3. The van der Waals surface area contributed by atoms with Crippen molar-refractivity contribution in [1.82, 2.24) is 0 Å². The van der Waals surface area contributed by atoms with Gasteiger partial charge in [0.05, 0.1) is 6.10 Å². The summed E-state index contributed by atoms with van der Waals surface area (Å²) in [4.78, 5) is 0. The van der Waals surface area contributed by atoms with E-state index < -0.39 is 0 Å². The van der Waals surface area contributed by atoms with Crippen LogP contribution in [0.15, 0.2) is 22.8 Å². The van der Waals surface area contributed by atoms with E-state index in [1.165, 1.54) is 56.9 Å². The topological polar surface area (TPSA) is 20.2 Å². The zero-order chi connectivity index (χ0) is 21.0. The molecule has 164 valence electrons. The summed E-state index contributed by atoms with van der Waals surface area (Å²) in [7, 11) is 0. The second kappa shape index (κ2) is 7.85. The van der Waals surface area contributed by atoms with E-state index in [1.807, 2.05) is 5.57 Å². The maximum Gasteiger partial charge on any atom is 0.0543 e. The number of aliphatic hydroxyl groups excluding tert-OH is 1. The number of hydrogen-bond acceptors (Lipinski definition) is 1. The molecule has 0 aromatic carbocycles. The molecule has 3 saturated carbocycles. The average molecular weight is 399 g/mol. The predicted molar refractivity (Wildman–Crippen MR) is 124 cm³/mol. The summed E-state index contributed by atoms with van der Waals surface area (Å²) in [5.74, 6) is 4.09. The highest BCUT2D eigenvalue weighted by Crippen LogP contribution is 2.68. The Kier molecular flexibility index (Phi) is 5.86. The summed E-state index contributed by atoms with van der Waals surface area (Å²) in [5.41, 5.74) is 6.07. The van der Waals surface area contributed by atoms with E-state index >= 15 is 0 Å². The fourth-order valence-corrected chi connectivity index (χ4v) is 8.70. The smallest absolute Gasteiger partial charge is 0.0543 e. The first-order valence-corrected chi connectivity index (χ1v) is 12.7. The number of aliphatic hydroxyl groups is 1. The number of rotatable bonds is 4. The first kappa shape index (κ1) is 21.7. The average Bonchev–Trinajstić information content (AvgIpc) is 3.00. The van der Waals surface area contributed by atoms with Gasteiger partial charge in [-0.25, -0.2) is 0 Å². The van der Waals surface area contributed by atoms with Crippen LogP contribution in [0, 0.1) is 40.4 Å². The third-order valence-corrected chi connectivity index (χ3v) is 10.3. The maximum absolute atomic E-state index is 10.3. The lowest BCUT2D eigenvalue weighted by atomic mass is 9.46. The Morgan fingerprint density at radius 1 is 1.07 bits per heavy atom. The zero-order valence-corrected chi connectivity index (χ0v) is 20.1. The van der Waals surface area contributed by atoms with Gasteiger partial charge in [-0.15, -0.1) is 0 Å². The second-order valence-electron chi connectivity index (χ2n) is 12.2. The molecule has 8 unspecified atom stereocenters. The normalized spacial score (nSPS) is 45.3. The molecule has 4 aliphatic carbocycles. The summed E-state index contributed by atoms with van der Waals surface area (Å²) in [5, 5.41) is 10.3. The minimum Gasteiger partial charge on any atom is -0.393 e. The van der Waals surface area contributed by atoms with Gasteiger partial charge in [-0.3, -0.25) is 0 Å². The van der Waals surface area contributed by atoms with Crippen molar-refractivity contribution < 1.29 is 5.11 Å². The fourth-order valence-electron chi connectivity index (χ4n) is 8.70. The fraction of sp³-hybridized carbons (Fsp3) is 0.857. The highest BCUT2D eigenvalue weighted by molar-refractivity contribution is 5.32. The molecule has 4 aliphatic rings. The number of allylic oxidation sites excluding steroid dienone is 4. The molecule has 0 aromatic rings. The quantitative estimate of drug-likeness (QED) is 0.481. The molecule has 0 bridgehead atoms. The van der Waals surface area contributed by atoms with Gasteiger partial charge in [0.25, 0.3) is 0 Å². The van der Waals surface area contributed by atoms with Gasteiger partial charge >= 0.3 is 0 Å². The molecule has 0 saturated heterocycles. The van der Waals surface area contributed by atoms with Gasteiger partial charge in [0, 0.05) is 0 Å². The predicted octanol–water partition coefficient (Wildman–Crippen LogP) is 7.70. The minimum absolute atomic E-state index is 0.0474. The van der Waals surface area contributed by atoms with Crippen LogP contribution in [0.2, 0.25) is 0 Å². The first-order valence-electron chi connectivity index (χ1n) is 12.7. The molecule has 1 N–H and O–H groups in total. The summed E-state index contributed by atoms with van der Waals surface area (Å²) >= 11 is 0. The lowest BCUT2D eigenvalue weighted by Crippen LogP contribution is -2.50. The molecule has 1 heteroatoms. The molecule has 3 fully saturated rings. The molecular formula is C28H46O. The van der Waals surface area contributed by atoms with Gasteiger partial charge in [-0.05, 0) is 125 Å². The van der Waals surface area contributed by atoms with Gasteiger partial charge in [0.2, 0.25) is 0 Å². The van der Waals surface area contributed by atoms with Gasteiger partial charge in [-0.1, -0.05) is 43.6 Å². The third kappa shape index (κ3) is 3.58. The Labute approximate surface area is 180 Å². The Morgan fingerprint density at radius 2 is 1.76 bits per heavy atom. The Balaban J connectivity index is 1.57. The van der Waals surface area contributed by atoms with Crippen LogP contribution in [-0.2, 0) is 0 Å². The number of fused-ring (bicyclic) bond motifs is 5. The minimum atomic E-state index is -0.0474. The molecule has 0 aliphatic heterocycles. The summed E-state index contributed by atoms with van der Waals surface area (Å²) < 4.78 is 0. The van der Waals surface area contributed by atoms with Crippen LogP contribution in [0.25, 0.3) is 0 Å².